The molecule has 1 fully saturated rings. The molecule has 2 rings (SSSR count). The number of aliphatic carboxylic acids is 1. The van der Waals surface area contributed by atoms with Gasteiger partial charge in [-0.15, -0.1) is 0 Å². The van der Waals surface area contributed by atoms with Crippen molar-refractivity contribution in [3.05, 3.63) is 29.6 Å². The van der Waals surface area contributed by atoms with Crippen LogP contribution in [0.2, 0.25) is 0 Å². The number of rotatable bonds is 3. The first-order valence-electron chi connectivity index (χ1n) is 6.77. The molecule has 2 N–H and O–H groups in total. The third-order valence-electron chi connectivity index (χ3n) is 3.57. The predicted molar refractivity (Wildman–Crippen MR) is 73.2 cm³/mol. The largest absolute Gasteiger partial charge is 0.480 e. The van der Waals surface area contributed by atoms with Crippen molar-refractivity contribution in [3.63, 3.8) is 0 Å². The van der Waals surface area contributed by atoms with Crippen LogP contribution >= 0.6 is 0 Å². The fourth-order valence-electron chi connectivity index (χ4n) is 2.40. The number of aryl methyl sites for hydroxylation is 1. The van der Waals surface area contributed by atoms with Crippen LogP contribution in [0.3, 0.4) is 0 Å². The van der Waals surface area contributed by atoms with E-state index < -0.39 is 12.0 Å². The number of urea groups is 1. The first kappa shape index (κ1) is 14.3. The van der Waals surface area contributed by atoms with Gasteiger partial charge in [-0.3, -0.25) is 4.98 Å². The van der Waals surface area contributed by atoms with Crippen molar-refractivity contribution in [2.24, 2.45) is 0 Å². The molecule has 0 spiro atoms. The zero-order valence-corrected chi connectivity index (χ0v) is 11.5. The van der Waals surface area contributed by atoms with Gasteiger partial charge in [-0.05, 0) is 37.8 Å². The monoisotopic (exact) mass is 277 g/mol. The SMILES string of the molecule is Cc1cccnc1CNC(=O)N1CCCCC1C(=O)O. The Morgan fingerprint density at radius 3 is 3.00 bits per heavy atom. The number of carboxylic acid groups (broad SMARTS) is 1. The normalized spacial score (nSPS) is 18.6. The summed E-state index contributed by atoms with van der Waals surface area (Å²) in [6, 6.07) is 2.72. The summed E-state index contributed by atoms with van der Waals surface area (Å²) in [7, 11) is 0. The summed E-state index contributed by atoms with van der Waals surface area (Å²) in [5.74, 6) is -0.936. The number of amides is 2. The fourth-order valence-corrected chi connectivity index (χ4v) is 2.40. The van der Waals surface area contributed by atoms with E-state index in [1.807, 2.05) is 19.1 Å². The van der Waals surface area contributed by atoms with E-state index in [9.17, 15) is 9.59 Å². The zero-order chi connectivity index (χ0) is 14.5. The number of hydrogen-bond donors (Lipinski definition) is 2. The summed E-state index contributed by atoms with van der Waals surface area (Å²) >= 11 is 0. The van der Waals surface area contributed by atoms with Gasteiger partial charge in [-0.2, -0.15) is 0 Å². The van der Waals surface area contributed by atoms with E-state index in [0.717, 1.165) is 24.1 Å². The molecule has 1 saturated heterocycles. The van der Waals surface area contributed by atoms with Crippen molar-refractivity contribution >= 4 is 12.0 Å². The third-order valence-corrected chi connectivity index (χ3v) is 3.57. The summed E-state index contributed by atoms with van der Waals surface area (Å²) in [6.45, 7) is 2.73. The molecule has 1 aromatic heterocycles. The maximum Gasteiger partial charge on any atom is 0.326 e. The van der Waals surface area contributed by atoms with Crippen LogP contribution in [0.15, 0.2) is 18.3 Å². The zero-order valence-electron chi connectivity index (χ0n) is 11.5. The molecule has 1 aliphatic heterocycles. The lowest BCUT2D eigenvalue weighted by Crippen LogP contribution is -2.51. The molecule has 1 atom stereocenters. The van der Waals surface area contributed by atoms with Gasteiger partial charge < -0.3 is 15.3 Å². The van der Waals surface area contributed by atoms with Crippen LogP contribution in [0.5, 0.6) is 0 Å². The van der Waals surface area contributed by atoms with Crippen molar-refractivity contribution in [1.29, 1.82) is 0 Å². The van der Waals surface area contributed by atoms with Crippen LogP contribution in [-0.4, -0.2) is 39.6 Å². The molecule has 20 heavy (non-hydrogen) atoms. The van der Waals surface area contributed by atoms with Crippen LogP contribution < -0.4 is 5.32 Å². The van der Waals surface area contributed by atoms with Crippen LogP contribution in [0.4, 0.5) is 4.79 Å². The Labute approximate surface area is 117 Å². The summed E-state index contributed by atoms with van der Waals surface area (Å²) in [4.78, 5) is 28.9. The van der Waals surface area contributed by atoms with Crippen LogP contribution in [0.1, 0.15) is 30.5 Å². The number of nitrogens with one attached hydrogen (secondary N) is 1. The van der Waals surface area contributed by atoms with Gasteiger partial charge in [0, 0.05) is 12.7 Å². The second kappa shape index (κ2) is 6.36. The van der Waals surface area contributed by atoms with E-state index in [1.54, 1.807) is 6.20 Å². The Kier molecular flexibility index (Phi) is 4.55. The number of aromatic nitrogens is 1. The van der Waals surface area contributed by atoms with Gasteiger partial charge in [0.15, 0.2) is 0 Å². The van der Waals surface area contributed by atoms with Crippen LogP contribution in [-0.2, 0) is 11.3 Å². The Morgan fingerprint density at radius 1 is 1.50 bits per heavy atom. The molecule has 0 bridgehead atoms. The number of nitrogens with zero attached hydrogens (tertiary/aromatic N) is 2. The van der Waals surface area contributed by atoms with Crippen LogP contribution in [0.25, 0.3) is 0 Å². The van der Waals surface area contributed by atoms with Crippen LogP contribution in [0, 0.1) is 6.92 Å². The Balaban J connectivity index is 1.97. The summed E-state index contributed by atoms with van der Waals surface area (Å²) in [5, 5.41) is 11.9. The molecule has 1 aliphatic rings. The fraction of sp³-hybridized carbons (Fsp3) is 0.500. The average Bonchev–Trinajstić information content (AvgIpc) is 2.46. The molecular weight excluding hydrogens is 258 g/mol. The number of carboxylic acids is 1. The van der Waals surface area contributed by atoms with Crippen molar-refractivity contribution < 1.29 is 14.7 Å². The Bertz CT molecular complexity index is 504. The highest BCUT2D eigenvalue weighted by molar-refractivity contribution is 5.82. The molecular formula is C14H19N3O3. The standard InChI is InChI=1S/C14H19N3O3/c1-10-5-4-7-15-11(10)9-16-14(20)17-8-3-2-6-12(17)13(18)19/h4-5,7,12H,2-3,6,8-9H2,1H3,(H,16,20)(H,18,19). The minimum atomic E-state index is -0.936. The lowest BCUT2D eigenvalue weighted by atomic mass is 10.0. The van der Waals surface area contributed by atoms with Gasteiger partial charge in [-0.1, -0.05) is 6.07 Å². The van der Waals surface area contributed by atoms with Gasteiger partial charge in [-0.25, -0.2) is 9.59 Å². The number of hydrogen-bond acceptors (Lipinski definition) is 3. The van der Waals surface area contributed by atoms with Gasteiger partial charge >= 0.3 is 12.0 Å². The maximum absolute atomic E-state index is 12.1. The lowest BCUT2D eigenvalue weighted by Gasteiger charge is -2.32. The smallest absolute Gasteiger partial charge is 0.326 e. The highest BCUT2D eigenvalue weighted by Crippen LogP contribution is 2.17. The summed E-state index contributed by atoms with van der Waals surface area (Å²) in [5.41, 5.74) is 1.80. The van der Waals surface area contributed by atoms with Crippen molar-refractivity contribution in [3.8, 4) is 0 Å². The van der Waals surface area contributed by atoms with E-state index in [0.29, 0.717) is 19.5 Å². The molecule has 0 saturated carbocycles. The minimum Gasteiger partial charge on any atom is -0.480 e. The summed E-state index contributed by atoms with van der Waals surface area (Å²) in [6.07, 6.45) is 3.89. The van der Waals surface area contributed by atoms with Crippen molar-refractivity contribution in [2.45, 2.75) is 38.8 Å². The second-order valence-corrected chi connectivity index (χ2v) is 4.97. The molecule has 1 aromatic rings. The Morgan fingerprint density at radius 2 is 2.30 bits per heavy atom. The molecule has 6 nitrogen and oxygen atoms in total. The number of carbonyl (C=O) groups excluding carboxylic acids is 1. The molecule has 108 valence electrons. The first-order valence-corrected chi connectivity index (χ1v) is 6.77. The van der Waals surface area contributed by atoms with Crippen molar-refractivity contribution in [2.75, 3.05) is 6.54 Å². The van der Waals surface area contributed by atoms with E-state index in [2.05, 4.69) is 10.3 Å². The van der Waals surface area contributed by atoms with E-state index in [-0.39, 0.29) is 6.03 Å². The van der Waals surface area contributed by atoms with Gasteiger partial charge in [0.25, 0.3) is 0 Å². The topological polar surface area (TPSA) is 82.5 Å². The van der Waals surface area contributed by atoms with E-state index in [4.69, 9.17) is 5.11 Å². The molecule has 6 heteroatoms. The summed E-state index contributed by atoms with van der Waals surface area (Å²) < 4.78 is 0. The molecule has 0 aromatic carbocycles. The van der Waals surface area contributed by atoms with Gasteiger partial charge in [0.1, 0.15) is 6.04 Å². The number of pyridine rings is 1. The number of likely N-dealkylation sites (tertiary alicyclic amines) is 1. The highest BCUT2D eigenvalue weighted by Gasteiger charge is 2.31. The van der Waals surface area contributed by atoms with Crippen molar-refractivity contribution in [1.82, 2.24) is 15.2 Å². The molecule has 0 radical (unpaired) electrons. The lowest BCUT2D eigenvalue weighted by molar-refractivity contribution is -0.143. The highest BCUT2D eigenvalue weighted by atomic mass is 16.4. The second-order valence-electron chi connectivity index (χ2n) is 4.97. The number of piperidine rings is 1. The van der Waals surface area contributed by atoms with Gasteiger partial charge in [0.2, 0.25) is 0 Å². The molecule has 0 aliphatic carbocycles. The maximum atomic E-state index is 12.1. The Hall–Kier alpha value is -2.11. The minimum absolute atomic E-state index is 0.314. The predicted octanol–water partition coefficient (Wildman–Crippen LogP) is 1.54. The van der Waals surface area contributed by atoms with E-state index >= 15 is 0 Å². The number of carbonyl (C=O) groups is 2. The quantitative estimate of drug-likeness (QED) is 0.878. The average molecular weight is 277 g/mol. The molecule has 2 heterocycles. The van der Waals surface area contributed by atoms with Gasteiger partial charge in [0.05, 0.1) is 12.2 Å². The molecule has 2 amide bonds. The third kappa shape index (κ3) is 3.26. The first-order chi connectivity index (χ1) is 9.59. The van der Waals surface area contributed by atoms with E-state index in [1.165, 1.54) is 4.90 Å². The molecule has 1 unspecified atom stereocenters.